The van der Waals surface area contributed by atoms with Gasteiger partial charge in [-0.25, -0.2) is 0 Å². The number of rotatable bonds is 22. The monoisotopic (exact) mass is 734 g/mol. The number of thiophene rings is 2. The Hall–Kier alpha value is -3.86. The van der Waals surface area contributed by atoms with Gasteiger partial charge in [-0.1, -0.05) is 46.2 Å². The number of unbranched alkanes of at least 4 members (excludes halogenated alkanes) is 1. The second-order valence-electron chi connectivity index (χ2n) is 13.1. The number of hydrogen-bond acceptors (Lipinski definition) is 10. The van der Waals surface area contributed by atoms with Crippen LogP contribution in [0.25, 0.3) is 0 Å². The lowest BCUT2D eigenvalue weighted by Gasteiger charge is -2.29. The maximum Gasteiger partial charge on any atom is 0.243 e. The highest BCUT2D eigenvalue weighted by Gasteiger charge is 2.34. The molecule has 0 saturated carbocycles. The van der Waals surface area contributed by atoms with Gasteiger partial charge in [-0.15, -0.1) is 22.7 Å². The van der Waals surface area contributed by atoms with Crippen molar-refractivity contribution in [2.24, 2.45) is 29.0 Å². The minimum atomic E-state index is -1.12. The molecule has 6 atom stereocenters. The van der Waals surface area contributed by atoms with Crippen molar-refractivity contribution in [1.29, 1.82) is 0 Å². The molecule has 2 aromatic rings. The number of hydrogen-bond donors (Lipinski definition) is 8. The Morgan fingerprint density at radius 3 is 1.64 bits per heavy atom. The van der Waals surface area contributed by atoms with Gasteiger partial charge in [0, 0.05) is 22.6 Å². The number of amides is 6. The van der Waals surface area contributed by atoms with Gasteiger partial charge in [-0.2, -0.15) is 0 Å². The minimum Gasteiger partial charge on any atom is -0.368 e. The van der Waals surface area contributed by atoms with Gasteiger partial charge in [0.1, 0.15) is 30.2 Å². The maximum absolute atomic E-state index is 13.8. The summed E-state index contributed by atoms with van der Waals surface area (Å²) < 4.78 is 0. The second-order valence-corrected chi connectivity index (χ2v) is 15.2. The van der Waals surface area contributed by atoms with Crippen LogP contribution in [0.2, 0.25) is 0 Å². The van der Waals surface area contributed by atoms with Crippen molar-refractivity contribution in [2.75, 3.05) is 6.54 Å². The van der Waals surface area contributed by atoms with Gasteiger partial charge in [0.25, 0.3) is 0 Å². The molecule has 6 amide bonds. The molecule has 0 spiro atoms. The first-order chi connectivity index (χ1) is 23.6. The van der Waals surface area contributed by atoms with Gasteiger partial charge in [-0.3, -0.25) is 28.8 Å². The molecule has 0 saturated heterocycles. The summed E-state index contributed by atoms with van der Waals surface area (Å²) in [5.74, 6) is -3.95. The van der Waals surface area contributed by atoms with E-state index in [1.807, 2.05) is 48.9 Å². The topological polar surface area (TPSA) is 241 Å². The van der Waals surface area contributed by atoms with Crippen molar-refractivity contribution < 1.29 is 28.8 Å². The summed E-state index contributed by atoms with van der Waals surface area (Å²) in [5, 5.41) is 17.3. The van der Waals surface area contributed by atoms with Crippen molar-refractivity contribution in [3.05, 3.63) is 44.8 Å². The van der Waals surface area contributed by atoms with Gasteiger partial charge in [0.2, 0.25) is 35.4 Å². The van der Waals surface area contributed by atoms with Gasteiger partial charge in [0.05, 0.1) is 6.04 Å². The number of nitrogens with two attached hydrogens (primary N) is 3. The number of nitrogens with one attached hydrogen (secondary N) is 5. The lowest BCUT2D eigenvalue weighted by atomic mass is 9.99. The molecule has 0 bridgehead atoms. The third kappa shape index (κ3) is 14.5. The van der Waals surface area contributed by atoms with Crippen LogP contribution in [0, 0.1) is 11.8 Å². The predicted octanol–water partition coefficient (Wildman–Crippen LogP) is 0.682. The van der Waals surface area contributed by atoms with E-state index in [0.717, 1.165) is 16.2 Å². The third-order valence-electron chi connectivity index (χ3n) is 7.92. The Kier molecular flexibility index (Phi) is 18.1. The summed E-state index contributed by atoms with van der Waals surface area (Å²) >= 11 is 2.80. The van der Waals surface area contributed by atoms with Crippen LogP contribution in [0.15, 0.2) is 35.0 Å². The van der Waals surface area contributed by atoms with Gasteiger partial charge in [-0.05, 0) is 67.5 Å². The van der Waals surface area contributed by atoms with Crippen LogP contribution >= 0.6 is 22.7 Å². The van der Waals surface area contributed by atoms with E-state index < -0.39 is 77.6 Å². The molecule has 0 aliphatic heterocycles. The van der Waals surface area contributed by atoms with Gasteiger partial charge in [0.15, 0.2) is 0 Å². The summed E-state index contributed by atoms with van der Waals surface area (Å²) in [6, 6.07) is 1.29. The summed E-state index contributed by atoms with van der Waals surface area (Å²) in [6.45, 7) is 9.26. The Morgan fingerprint density at radius 2 is 1.18 bits per heavy atom. The number of carbonyl (C=O) groups is 6. The van der Waals surface area contributed by atoms with Crippen molar-refractivity contribution >= 4 is 58.1 Å². The molecule has 50 heavy (non-hydrogen) atoms. The van der Waals surface area contributed by atoms with E-state index in [1.54, 1.807) is 13.8 Å². The fraction of sp³-hybridized carbons (Fsp3) is 0.588. The SMILES string of the molecule is CC(C)C[C@@H](NC(=O)[C@H](N)CCCCN)C(=O)N[C@@H](C(=O)N[C@H](Cc1cccs1)C(=O)N[C@H](Cc1cccs1)C(=O)N[C@H](C)C(N)=O)C(C)C. The van der Waals surface area contributed by atoms with Gasteiger partial charge < -0.3 is 43.8 Å². The molecule has 0 aliphatic carbocycles. The van der Waals surface area contributed by atoms with Crippen LogP contribution in [0.5, 0.6) is 0 Å². The second kappa shape index (κ2) is 21.4. The van der Waals surface area contributed by atoms with E-state index in [1.165, 1.54) is 29.6 Å². The van der Waals surface area contributed by atoms with Crippen LogP contribution in [0.1, 0.15) is 70.1 Å². The number of primary amides is 1. The average Bonchev–Trinajstić information content (AvgIpc) is 3.76. The minimum absolute atomic E-state index is 0.0370. The fourth-order valence-electron chi connectivity index (χ4n) is 5.01. The summed E-state index contributed by atoms with van der Waals surface area (Å²) in [7, 11) is 0. The van der Waals surface area contributed by atoms with E-state index in [-0.39, 0.29) is 18.8 Å². The first-order valence-corrected chi connectivity index (χ1v) is 18.7. The third-order valence-corrected chi connectivity index (χ3v) is 9.71. The lowest BCUT2D eigenvalue weighted by Crippen LogP contribution is -2.61. The van der Waals surface area contributed by atoms with E-state index in [4.69, 9.17) is 17.2 Å². The van der Waals surface area contributed by atoms with Crippen LogP contribution in [-0.4, -0.2) is 78.2 Å². The molecule has 0 unspecified atom stereocenters. The van der Waals surface area contributed by atoms with Crippen LogP contribution in [-0.2, 0) is 41.6 Å². The highest BCUT2D eigenvalue weighted by molar-refractivity contribution is 7.10. The molecule has 2 heterocycles. The zero-order valence-electron chi connectivity index (χ0n) is 29.5. The van der Waals surface area contributed by atoms with E-state index >= 15 is 0 Å². The van der Waals surface area contributed by atoms with Crippen molar-refractivity contribution in [3.8, 4) is 0 Å². The lowest BCUT2D eigenvalue weighted by molar-refractivity contribution is -0.135. The molecule has 0 radical (unpaired) electrons. The molecule has 0 fully saturated rings. The normalized spacial score (nSPS) is 14.9. The summed E-state index contributed by atoms with van der Waals surface area (Å²) in [6.07, 6.45) is 2.39. The first kappa shape index (κ1) is 42.3. The van der Waals surface area contributed by atoms with Crippen LogP contribution < -0.4 is 43.8 Å². The maximum atomic E-state index is 13.8. The average molecular weight is 735 g/mol. The molecule has 2 aromatic heterocycles. The van der Waals surface area contributed by atoms with E-state index in [2.05, 4.69) is 26.6 Å². The molecule has 14 nitrogen and oxygen atoms in total. The van der Waals surface area contributed by atoms with Gasteiger partial charge >= 0.3 is 0 Å². The molecule has 2 rings (SSSR count). The van der Waals surface area contributed by atoms with Crippen LogP contribution in [0.3, 0.4) is 0 Å². The zero-order valence-corrected chi connectivity index (χ0v) is 31.2. The molecular weight excluding hydrogens is 681 g/mol. The summed E-state index contributed by atoms with van der Waals surface area (Å²) in [4.78, 5) is 80.6. The molecule has 0 aromatic carbocycles. The molecular formula is C34H54N8O6S2. The Morgan fingerprint density at radius 1 is 0.680 bits per heavy atom. The summed E-state index contributed by atoms with van der Waals surface area (Å²) in [5.41, 5.74) is 17.0. The van der Waals surface area contributed by atoms with E-state index in [0.29, 0.717) is 25.8 Å². The van der Waals surface area contributed by atoms with Crippen LogP contribution in [0.4, 0.5) is 0 Å². The zero-order chi connectivity index (χ0) is 37.4. The molecule has 11 N–H and O–H groups in total. The molecule has 0 aliphatic rings. The quantitative estimate of drug-likeness (QED) is 0.0799. The first-order valence-electron chi connectivity index (χ1n) is 16.9. The van der Waals surface area contributed by atoms with Crippen molar-refractivity contribution in [1.82, 2.24) is 26.6 Å². The van der Waals surface area contributed by atoms with Crippen molar-refractivity contribution in [3.63, 3.8) is 0 Å². The number of carbonyl (C=O) groups excluding carboxylic acids is 6. The molecule has 278 valence electrons. The smallest absolute Gasteiger partial charge is 0.243 e. The largest absolute Gasteiger partial charge is 0.368 e. The highest BCUT2D eigenvalue weighted by Crippen LogP contribution is 2.15. The standard InChI is InChI=1S/C34H54N8O6S2/c1-19(2)16-25(39-30(44)24(36)12-6-7-13-35)33(47)42-28(20(3)4)34(48)41-27(18-23-11-9-15-50-23)32(46)40-26(17-22-10-8-14-49-22)31(45)38-21(5)29(37)43/h8-11,14-15,19-21,24-28H,6-7,12-13,16-18,35-36H2,1-5H3,(H2,37,43)(H,38,45)(H,39,44)(H,40,46)(H,41,48)(H,42,47)/t21-,24-,25-,26-,27-,28-/m1/s1. The predicted molar refractivity (Wildman–Crippen MR) is 196 cm³/mol. The highest BCUT2D eigenvalue weighted by atomic mass is 32.1. The Bertz CT molecular complexity index is 1390. The Balaban J connectivity index is 2.27. The Labute approximate surface area is 302 Å². The fourth-order valence-corrected chi connectivity index (χ4v) is 6.51. The molecule has 16 heteroatoms. The van der Waals surface area contributed by atoms with E-state index in [9.17, 15) is 28.8 Å². The van der Waals surface area contributed by atoms with Crippen molar-refractivity contribution in [2.45, 2.75) is 109 Å².